The standard InChI is InChI=1S/C26H36BN3O5.C3H8/c1-17-13-18(2)15-21(14-17)25(32)30(16-26(4,5)6)28-24(31)22-11-10-20(23(35-7)19(22)3)9-8-12-27(33)29-34;1-3-2/h10-11,13-15,33H,8-9,12,16H2,1-7H3,(H,28,31);3H2,1-2H3. The van der Waals surface area contributed by atoms with E-state index >= 15 is 0 Å². The molecule has 0 atom stereocenters. The fourth-order valence-corrected chi connectivity index (χ4v) is 4.08. The molecule has 0 saturated heterocycles. The Morgan fingerprint density at radius 3 is 2.16 bits per heavy atom. The number of nitrogens with zero attached hydrogens (tertiary/aromatic N) is 2. The number of hydrogen-bond donors (Lipinski definition) is 2. The van der Waals surface area contributed by atoms with E-state index in [1.54, 1.807) is 19.1 Å². The summed E-state index contributed by atoms with van der Waals surface area (Å²) in [7, 11) is 0.306. The molecule has 0 saturated carbocycles. The van der Waals surface area contributed by atoms with E-state index in [9.17, 15) is 19.5 Å². The molecule has 0 spiro atoms. The summed E-state index contributed by atoms with van der Waals surface area (Å²) in [6, 6.07) is 9.13. The van der Waals surface area contributed by atoms with Crippen molar-refractivity contribution in [2.24, 2.45) is 10.5 Å². The zero-order valence-electron chi connectivity index (χ0n) is 24.5. The molecule has 0 radical (unpaired) electrons. The second kappa shape index (κ2) is 15.3. The zero-order valence-corrected chi connectivity index (χ0v) is 24.5. The molecule has 0 unspecified atom stereocenters. The Morgan fingerprint density at radius 2 is 1.66 bits per heavy atom. The summed E-state index contributed by atoms with van der Waals surface area (Å²) in [6.07, 6.45) is 2.59. The lowest BCUT2D eigenvalue weighted by Crippen LogP contribution is -2.49. The summed E-state index contributed by atoms with van der Waals surface area (Å²) < 4.78 is 5.57. The van der Waals surface area contributed by atoms with Gasteiger partial charge < -0.3 is 9.76 Å². The number of hydrogen-bond acceptors (Lipinski definition) is 6. The molecule has 9 heteroatoms. The summed E-state index contributed by atoms with van der Waals surface area (Å²) in [5, 5.41) is 13.3. The fourth-order valence-electron chi connectivity index (χ4n) is 4.08. The lowest BCUT2D eigenvalue weighted by Gasteiger charge is -2.30. The highest BCUT2D eigenvalue weighted by molar-refractivity contribution is 6.47. The van der Waals surface area contributed by atoms with Crippen LogP contribution in [0.3, 0.4) is 0 Å². The third-order valence-corrected chi connectivity index (χ3v) is 5.55. The van der Waals surface area contributed by atoms with Crippen LogP contribution in [0.15, 0.2) is 35.4 Å². The Balaban J connectivity index is 0.00000229. The Bertz CT molecular complexity index is 1080. The number of rotatable bonds is 9. The van der Waals surface area contributed by atoms with E-state index in [1.807, 2.05) is 52.8 Å². The van der Waals surface area contributed by atoms with E-state index < -0.39 is 13.0 Å². The first-order valence-corrected chi connectivity index (χ1v) is 13.2. The van der Waals surface area contributed by atoms with Crippen LogP contribution < -0.4 is 10.2 Å². The molecule has 0 bridgehead atoms. The lowest BCUT2D eigenvalue weighted by atomic mass is 9.78. The number of carbonyl (C=O) groups is 2. The second-order valence-corrected chi connectivity index (χ2v) is 10.9. The maximum Gasteiger partial charge on any atom is 0.483 e. The first-order valence-electron chi connectivity index (χ1n) is 13.2. The number of methoxy groups -OCH3 is 1. The Labute approximate surface area is 228 Å². The molecule has 2 rings (SSSR count). The molecule has 0 aliphatic heterocycles. The van der Waals surface area contributed by atoms with Crippen LogP contribution in [0, 0.1) is 31.1 Å². The maximum atomic E-state index is 13.4. The SMILES string of the molecule is CCC.COc1c(CCCB(O)N=O)ccc(C(=O)NN(CC(C)(C)C)C(=O)c2cc(C)cc(C)c2)c1C. The molecule has 2 aromatic rings. The van der Waals surface area contributed by atoms with Gasteiger partial charge >= 0.3 is 7.05 Å². The summed E-state index contributed by atoms with van der Waals surface area (Å²) in [5.41, 5.74) is 6.93. The van der Waals surface area contributed by atoms with E-state index in [-0.39, 0.29) is 17.6 Å². The number of nitroso groups, excluding NO2 is 1. The fraction of sp³-hybridized carbons (Fsp3) is 0.517. The first-order chi connectivity index (χ1) is 17.8. The molecular weight excluding hydrogens is 481 g/mol. The third-order valence-electron chi connectivity index (χ3n) is 5.55. The minimum absolute atomic E-state index is 0.246. The van der Waals surface area contributed by atoms with E-state index in [1.165, 1.54) is 18.5 Å². The second-order valence-electron chi connectivity index (χ2n) is 10.9. The number of carbonyl (C=O) groups excluding carboxylic acids is 2. The Hall–Kier alpha value is -3.20. The van der Waals surface area contributed by atoms with Gasteiger partial charge in [0.2, 0.25) is 0 Å². The molecule has 2 amide bonds. The van der Waals surface area contributed by atoms with Crippen molar-refractivity contribution in [3.63, 3.8) is 0 Å². The molecule has 8 nitrogen and oxygen atoms in total. The Kier molecular flexibility index (Phi) is 13.2. The van der Waals surface area contributed by atoms with Crippen molar-refractivity contribution >= 4 is 18.9 Å². The molecular formula is C29H44BN3O5. The summed E-state index contributed by atoms with van der Waals surface area (Å²) >= 11 is 0. The van der Waals surface area contributed by atoms with Crippen LogP contribution in [-0.2, 0) is 6.42 Å². The molecule has 0 aliphatic rings. The molecule has 208 valence electrons. The van der Waals surface area contributed by atoms with Crippen LogP contribution in [0.1, 0.15) is 90.4 Å². The summed E-state index contributed by atoms with van der Waals surface area (Å²) in [4.78, 5) is 37.1. The van der Waals surface area contributed by atoms with Crippen LogP contribution in [-0.4, -0.2) is 42.6 Å². The van der Waals surface area contributed by atoms with Crippen molar-refractivity contribution in [2.45, 2.75) is 81.0 Å². The van der Waals surface area contributed by atoms with Gasteiger partial charge in [-0.25, -0.2) is 5.01 Å². The highest BCUT2D eigenvalue weighted by atomic mass is 16.5. The van der Waals surface area contributed by atoms with Gasteiger partial charge in [-0.1, -0.05) is 70.7 Å². The first kappa shape index (κ1) is 32.8. The van der Waals surface area contributed by atoms with Crippen LogP contribution in [0.4, 0.5) is 0 Å². The average molecular weight is 525 g/mol. The molecule has 2 N–H and O–H groups in total. The number of ether oxygens (including phenoxy) is 1. The molecule has 38 heavy (non-hydrogen) atoms. The van der Waals surface area contributed by atoms with Crippen molar-refractivity contribution in [2.75, 3.05) is 13.7 Å². The van der Waals surface area contributed by atoms with Gasteiger partial charge in [-0.05, 0) is 62.7 Å². The summed E-state index contributed by atoms with van der Waals surface area (Å²) in [6.45, 7) is 16.2. The monoisotopic (exact) mass is 525 g/mol. The van der Waals surface area contributed by atoms with Crippen LogP contribution in [0.2, 0.25) is 6.32 Å². The Morgan fingerprint density at radius 1 is 1.08 bits per heavy atom. The van der Waals surface area contributed by atoms with Gasteiger partial charge in [-0.15, -0.1) is 5.09 Å². The zero-order chi connectivity index (χ0) is 29.0. The third kappa shape index (κ3) is 10.3. The van der Waals surface area contributed by atoms with Crippen molar-refractivity contribution < 1.29 is 19.3 Å². The highest BCUT2D eigenvalue weighted by Crippen LogP contribution is 2.28. The number of nitrogens with one attached hydrogen (secondary N) is 1. The predicted molar refractivity (Wildman–Crippen MR) is 154 cm³/mol. The predicted octanol–water partition coefficient (Wildman–Crippen LogP) is 6.05. The molecule has 0 aliphatic carbocycles. The van der Waals surface area contributed by atoms with E-state index in [4.69, 9.17) is 4.74 Å². The minimum Gasteiger partial charge on any atom is -0.496 e. The van der Waals surface area contributed by atoms with Crippen molar-refractivity contribution in [1.29, 1.82) is 0 Å². The van der Waals surface area contributed by atoms with E-state index in [2.05, 4.69) is 24.4 Å². The van der Waals surface area contributed by atoms with Crippen molar-refractivity contribution in [1.82, 2.24) is 10.4 Å². The normalized spacial score (nSPS) is 10.7. The smallest absolute Gasteiger partial charge is 0.483 e. The van der Waals surface area contributed by atoms with Crippen LogP contribution >= 0.6 is 0 Å². The highest BCUT2D eigenvalue weighted by Gasteiger charge is 2.26. The van der Waals surface area contributed by atoms with Gasteiger partial charge in [0.05, 0.1) is 7.11 Å². The molecule has 0 fully saturated rings. The van der Waals surface area contributed by atoms with E-state index in [0.29, 0.717) is 41.8 Å². The van der Waals surface area contributed by atoms with E-state index in [0.717, 1.165) is 16.7 Å². The van der Waals surface area contributed by atoms with Crippen LogP contribution in [0.25, 0.3) is 0 Å². The average Bonchev–Trinajstić information content (AvgIpc) is 2.82. The van der Waals surface area contributed by atoms with Gasteiger partial charge in [0.15, 0.2) is 0 Å². The number of aryl methyl sites for hydroxylation is 3. The molecule has 0 aromatic heterocycles. The number of amides is 2. The van der Waals surface area contributed by atoms with Crippen molar-refractivity contribution in [3.05, 3.63) is 68.6 Å². The number of benzene rings is 2. The maximum absolute atomic E-state index is 13.4. The molecule has 0 heterocycles. The minimum atomic E-state index is -1.23. The summed E-state index contributed by atoms with van der Waals surface area (Å²) in [5.74, 6) is -0.118. The molecule has 2 aromatic carbocycles. The number of hydrazine groups is 1. The lowest BCUT2D eigenvalue weighted by molar-refractivity contribution is 0.0509. The quantitative estimate of drug-likeness (QED) is 0.235. The largest absolute Gasteiger partial charge is 0.496 e. The van der Waals surface area contributed by atoms with Gasteiger partial charge in [0.25, 0.3) is 11.8 Å². The van der Waals surface area contributed by atoms with Crippen LogP contribution in [0.5, 0.6) is 5.75 Å². The van der Waals surface area contributed by atoms with Gasteiger partial charge in [0.1, 0.15) is 5.75 Å². The van der Waals surface area contributed by atoms with Gasteiger partial charge in [-0.2, -0.15) is 4.91 Å². The van der Waals surface area contributed by atoms with Crippen molar-refractivity contribution in [3.8, 4) is 5.75 Å². The van der Waals surface area contributed by atoms with Gasteiger partial charge in [0, 0.05) is 23.2 Å². The van der Waals surface area contributed by atoms with Gasteiger partial charge in [-0.3, -0.25) is 15.0 Å². The topological polar surface area (TPSA) is 108 Å².